The second kappa shape index (κ2) is 3.20. The molecule has 0 radical (unpaired) electrons. The number of carboxylic acids is 1. The minimum absolute atomic E-state index is 0. The van der Waals surface area contributed by atoms with Crippen LogP contribution in [-0.4, -0.2) is 26.5 Å². The molecule has 0 aliphatic carbocycles. The number of H-pyrrole nitrogens is 1. The Morgan fingerprint density at radius 1 is 1.38 bits per heavy atom. The molecule has 1 aromatic carbocycles. The average molecular weight is 180 g/mol. The van der Waals surface area contributed by atoms with E-state index in [1.54, 1.807) is 12.1 Å². The molecule has 13 heavy (non-hydrogen) atoms. The fourth-order valence-electron chi connectivity index (χ4n) is 1.04. The van der Waals surface area contributed by atoms with E-state index in [1.165, 1.54) is 6.07 Å². The van der Waals surface area contributed by atoms with Gasteiger partial charge in [-0.3, -0.25) is 0 Å². The minimum atomic E-state index is -0.991. The lowest BCUT2D eigenvalue weighted by atomic mass is 10.2. The molecule has 6 nitrogen and oxygen atoms in total. The Bertz CT molecular complexity index is 437. The minimum Gasteiger partial charge on any atom is -0.478 e. The summed E-state index contributed by atoms with van der Waals surface area (Å²) in [4.78, 5) is 10.6. The molecule has 6 heteroatoms. The van der Waals surface area contributed by atoms with Crippen molar-refractivity contribution in [2.24, 2.45) is 0 Å². The van der Waals surface area contributed by atoms with Crippen LogP contribution in [0.25, 0.3) is 11.0 Å². The summed E-state index contributed by atoms with van der Waals surface area (Å²) in [5.74, 6) is -0.991. The van der Waals surface area contributed by atoms with Crippen LogP contribution < -0.4 is 6.15 Å². The zero-order chi connectivity index (χ0) is 8.55. The molecule has 0 bridgehead atoms. The van der Waals surface area contributed by atoms with Crippen molar-refractivity contribution in [1.29, 1.82) is 0 Å². The molecule has 0 saturated heterocycles. The molecule has 0 spiro atoms. The number of carbonyl (C=O) groups is 1. The first-order valence-corrected chi connectivity index (χ1v) is 3.32. The smallest absolute Gasteiger partial charge is 0.338 e. The lowest BCUT2D eigenvalue weighted by Crippen LogP contribution is -1.96. The standard InChI is InChI=1S/C7H5N3O2.H3N/c11-7(12)4-2-1-3-5-6(4)9-10-8-5;/h1-3H,(H,11,12)(H,8,9,10);1H3. The van der Waals surface area contributed by atoms with E-state index in [0.717, 1.165) is 0 Å². The lowest BCUT2D eigenvalue weighted by molar-refractivity contribution is 0.0699. The molecule has 0 saturated carbocycles. The molecule has 0 atom stereocenters. The Morgan fingerprint density at radius 3 is 2.85 bits per heavy atom. The van der Waals surface area contributed by atoms with Gasteiger partial charge in [-0.15, -0.1) is 0 Å². The number of rotatable bonds is 1. The van der Waals surface area contributed by atoms with E-state index >= 15 is 0 Å². The highest BCUT2D eigenvalue weighted by Gasteiger charge is 2.09. The number of aromatic carboxylic acids is 1. The number of para-hydroxylation sites is 1. The second-order valence-electron chi connectivity index (χ2n) is 2.30. The normalized spacial score (nSPS) is 9.54. The van der Waals surface area contributed by atoms with Gasteiger partial charge < -0.3 is 11.3 Å². The van der Waals surface area contributed by atoms with Gasteiger partial charge in [0.2, 0.25) is 0 Å². The highest BCUT2D eigenvalue weighted by molar-refractivity contribution is 6.00. The predicted octanol–water partition coefficient (Wildman–Crippen LogP) is 0.818. The summed E-state index contributed by atoms with van der Waals surface area (Å²) in [5, 5.41) is 18.6. The zero-order valence-electron chi connectivity index (χ0n) is 6.69. The topological polar surface area (TPSA) is 114 Å². The number of aromatic amines is 1. The first-order chi connectivity index (χ1) is 5.79. The maximum absolute atomic E-state index is 10.6. The maximum atomic E-state index is 10.6. The molecule has 0 aliphatic rings. The van der Waals surface area contributed by atoms with Crippen molar-refractivity contribution in [3.63, 3.8) is 0 Å². The van der Waals surface area contributed by atoms with E-state index in [2.05, 4.69) is 15.4 Å². The van der Waals surface area contributed by atoms with E-state index in [4.69, 9.17) is 5.11 Å². The molecule has 1 aromatic heterocycles. The summed E-state index contributed by atoms with van der Waals surface area (Å²) < 4.78 is 0. The van der Waals surface area contributed by atoms with Gasteiger partial charge in [0.15, 0.2) is 0 Å². The third-order valence-electron chi connectivity index (χ3n) is 1.58. The molecule has 1 heterocycles. The number of nitrogens with zero attached hydrogens (tertiary/aromatic N) is 2. The van der Waals surface area contributed by atoms with Crippen molar-refractivity contribution >= 4 is 17.0 Å². The Morgan fingerprint density at radius 2 is 2.15 bits per heavy atom. The van der Waals surface area contributed by atoms with E-state index in [0.29, 0.717) is 11.0 Å². The third-order valence-corrected chi connectivity index (χ3v) is 1.58. The van der Waals surface area contributed by atoms with Gasteiger partial charge in [0, 0.05) is 0 Å². The predicted molar refractivity (Wildman–Crippen MR) is 45.9 cm³/mol. The fraction of sp³-hybridized carbons (Fsp3) is 0. The van der Waals surface area contributed by atoms with E-state index in [-0.39, 0.29) is 11.7 Å². The van der Waals surface area contributed by atoms with E-state index in [1.807, 2.05) is 0 Å². The Labute approximate surface area is 73.2 Å². The van der Waals surface area contributed by atoms with Crippen LogP contribution in [0.5, 0.6) is 0 Å². The van der Waals surface area contributed by atoms with Gasteiger partial charge in [0.05, 0.1) is 5.56 Å². The number of hydrogen-bond donors (Lipinski definition) is 3. The van der Waals surface area contributed by atoms with Crippen molar-refractivity contribution in [3.8, 4) is 0 Å². The van der Waals surface area contributed by atoms with Gasteiger partial charge in [-0.1, -0.05) is 6.07 Å². The summed E-state index contributed by atoms with van der Waals surface area (Å²) in [7, 11) is 0. The Hall–Kier alpha value is -1.95. The van der Waals surface area contributed by atoms with Crippen molar-refractivity contribution in [1.82, 2.24) is 21.6 Å². The number of nitrogens with one attached hydrogen (secondary N) is 1. The van der Waals surface area contributed by atoms with Gasteiger partial charge in [-0.25, -0.2) is 4.79 Å². The van der Waals surface area contributed by atoms with Crippen LogP contribution in [0.1, 0.15) is 10.4 Å². The van der Waals surface area contributed by atoms with Crippen molar-refractivity contribution in [3.05, 3.63) is 23.8 Å². The van der Waals surface area contributed by atoms with Gasteiger partial charge >= 0.3 is 5.97 Å². The van der Waals surface area contributed by atoms with Crippen LogP contribution in [0.2, 0.25) is 0 Å². The van der Waals surface area contributed by atoms with Gasteiger partial charge in [0.25, 0.3) is 0 Å². The SMILES string of the molecule is N.O=C(O)c1cccc2n[nH]nc12. The first kappa shape index (κ1) is 9.14. The molecule has 0 fully saturated rings. The van der Waals surface area contributed by atoms with E-state index in [9.17, 15) is 4.79 Å². The summed E-state index contributed by atoms with van der Waals surface area (Å²) >= 11 is 0. The Kier molecular flexibility index (Phi) is 2.25. The molecule has 0 amide bonds. The third kappa shape index (κ3) is 1.34. The largest absolute Gasteiger partial charge is 0.478 e. The zero-order valence-corrected chi connectivity index (χ0v) is 6.69. The number of carboxylic acid groups (broad SMARTS) is 1. The number of fused-ring (bicyclic) bond motifs is 1. The number of aromatic nitrogens is 3. The molecule has 2 aromatic rings. The summed E-state index contributed by atoms with van der Waals surface area (Å²) in [6.45, 7) is 0. The van der Waals surface area contributed by atoms with Crippen LogP contribution in [-0.2, 0) is 0 Å². The van der Waals surface area contributed by atoms with E-state index < -0.39 is 5.97 Å². The summed E-state index contributed by atoms with van der Waals surface area (Å²) in [6.07, 6.45) is 0. The molecule has 0 unspecified atom stereocenters. The Balaban J connectivity index is 0.000000845. The molecule has 68 valence electrons. The van der Waals surface area contributed by atoms with Crippen LogP contribution in [0.3, 0.4) is 0 Å². The monoisotopic (exact) mass is 180 g/mol. The second-order valence-corrected chi connectivity index (χ2v) is 2.30. The number of benzene rings is 1. The fourth-order valence-corrected chi connectivity index (χ4v) is 1.04. The van der Waals surface area contributed by atoms with Gasteiger partial charge in [0.1, 0.15) is 11.0 Å². The summed E-state index contributed by atoms with van der Waals surface area (Å²) in [6, 6.07) is 4.83. The van der Waals surface area contributed by atoms with Crippen LogP contribution in [0.4, 0.5) is 0 Å². The van der Waals surface area contributed by atoms with Crippen molar-refractivity contribution in [2.45, 2.75) is 0 Å². The molecule has 2 rings (SSSR count). The first-order valence-electron chi connectivity index (χ1n) is 3.32. The van der Waals surface area contributed by atoms with Crippen molar-refractivity contribution < 1.29 is 9.90 Å². The molecule has 5 N–H and O–H groups in total. The van der Waals surface area contributed by atoms with Crippen molar-refractivity contribution in [2.75, 3.05) is 0 Å². The quantitative estimate of drug-likeness (QED) is 0.601. The molecular formula is C7H8N4O2. The lowest BCUT2D eigenvalue weighted by Gasteiger charge is -1.91. The van der Waals surface area contributed by atoms with Crippen LogP contribution in [0, 0.1) is 0 Å². The number of hydrogen-bond acceptors (Lipinski definition) is 4. The summed E-state index contributed by atoms with van der Waals surface area (Å²) in [5.41, 5.74) is 1.13. The van der Waals surface area contributed by atoms with Gasteiger partial charge in [-0.05, 0) is 12.1 Å². The van der Waals surface area contributed by atoms with Crippen LogP contribution in [0.15, 0.2) is 18.2 Å². The molecular weight excluding hydrogens is 172 g/mol. The van der Waals surface area contributed by atoms with Crippen LogP contribution >= 0.6 is 0 Å². The average Bonchev–Trinajstić information content (AvgIpc) is 2.49. The maximum Gasteiger partial charge on any atom is 0.338 e. The highest BCUT2D eigenvalue weighted by atomic mass is 16.4. The highest BCUT2D eigenvalue weighted by Crippen LogP contribution is 2.12. The molecule has 0 aliphatic heterocycles. The van der Waals surface area contributed by atoms with Gasteiger partial charge in [-0.2, -0.15) is 15.4 Å².